The SMILES string of the molecule is CCN(CC)S(=O)(=O)Nc1ccc(C(C)(C)C(=O)O)cc1. The first-order valence-electron chi connectivity index (χ1n) is 6.77. The topological polar surface area (TPSA) is 86.7 Å². The second-order valence-electron chi connectivity index (χ2n) is 5.20. The second-order valence-corrected chi connectivity index (χ2v) is 6.87. The lowest BCUT2D eigenvalue weighted by Gasteiger charge is -2.21. The summed E-state index contributed by atoms with van der Waals surface area (Å²) in [5, 5.41) is 9.17. The van der Waals surface area contributed by atoms with Gasteiger partial charge in [0, 0.05) is 18.8 Å². The monoisotopic (exact) mass is 314 g/mol. The van der Waals surface area contributed by atoms with Gasteiger partial charge in [-0.25, -0.2) is 0 Å². The van der Waals surface area contributed by atoms with E-state index in [2.05, 4.69) is 4.72 Å². The quantitative estimate of drug-likeness (QED) is 0.806. The van der Waals surface area contributed by atoms with Gasteiger partial charge in [0.25, 0.3) is 0 Å². The summed E-state index contributed by atoms with van der Waals surface area (Å²) in [6, 6.07) is 6.38. The molecule has 0 amide bonds. The normalized spacial score (nSPS) is 12.4. The number of nitrogens with zero attached hydrogens (tertiary/aromatic N) is 1. The minimum Gasteiger partial charge on any atom is -0.481 e. The van der Waals surface area contributed by atoms with Crippen LogP contribution in [0.4, 0.5) is 5.69 Å². The number of benzene rings is 1. The van der Waals surface area contributed by atoms with Crippen molar-refractivity contribution in [3.05, 3.63) is 29.8 Å². The minimum absolute atomic E-state index is 0.385. The first-order chi connectivity index (χ1) is 9.65. The summed E-state index contributed by atoms with van der Waals surface area (Å²) < 4.78 is 27.9. The van der Waals surface area contributed by atoms with Crippen LogP contribution in [0.2, 0.25) is 0 Å². The number of rotatable bonds is 7. The summed E-state index contributed by atoms with van der Waals surface area (Å²) in [7, 11) is -3.57. The molecule has 118 valence electrons. The summed E-state index contributed by atoms with van der Waals surface area (Å²) in [6.45, 7) is 7.50. The summed E-state index contributed by atoms with van der Waals surface area (Å²) in [4.78, 5) is 11.2. The Hall–Kier alpha value is -1.60. The molecule has 0 saturated heterocycles. The van der Waals surface area contributed by atoms with Crippen molar-refractivity contribution in [1.82, 2.24) is 4.31 Å². The average molecular weight is 314 g/mol. The predicted molar refractivity (Wildman–Crippen MR) is 82.6 cm³/mol. The summed E-state index contributed by atoms with van der Waals surface area (Å²) >= 11 is 0. The van der Waals surface area contributed by atoms with Crippen LogP contribution in [0.15, 0.2) is 24.3 Å². The predicted octanol–water partition coefficient (Wildman–Crippen LogP) is 2.05. The van der Waals surface area contributed by atoms with Crippen LogP contribution in [0.1, 0.15) is 33.3 Å². The molecule has 0 aliphatic carbocycles. The molecule has 0 aliphatic heterocycles. The van der Waals surface area contributed by atoms with E-state index in [0.717, 1.165) is 0 Å². The highest BCUT2D eigenvalue weighted by Gasteiger charge is 2.29. The molecule has 0 heterocycles. The Bertz CT molecular complexity index is 590. The van der Waals surface area contributed by atoms with Crippen molar-refractivity contribution in [2.45, 2.75) is 33.1 Å². The van der Waals surface area contributed by atoms with Crippen LogP contribution in [0, 0.1) is 0 Å². The lowest BCUT2D eigenvalue weighted by atomic mass is 9.85. The molecule has 0 aromatic heterocycles. The van der Waals surface area contributed by atoms with Gasteiger partial charge in [-0.3, -0.25) is 9.52 Å². The van der Waals surface area contributed by atoms with Crippen LogP contribution in [0.3, 0.4) is 0 Å². The van der Waals surface area contributed by atoms with E-state index in [1.54, 1.807) is 52.0 Å². The maximum atomic E-state index is 12.1. The lowest BCUT2D eigenvalue weighted by Crippen LogP contribution is -2.35. The summed E-state index contributed by atoms with van der Waals surface area (Å²) in [5.74, 6) is -0.932. The maximum absolute atomic E-state index is 12.1. The molecular weight excluding hydrogens is 292 g/mol. The van der Waals surface area contributed by atoms with Crippen molar-refractivity contribution in [2.24, 2.45) is 0 Å². The second kappa shape index (κ2) is 6.44. The fourth-order valence-corrected chi connectivity index (χ4v) is 3.10. The first kappa shape index (κ1) is 17.5. The smallest absolute Gasteiger partial charge is 0.313 e. The third kappa shape index (κ3) is 3.95. The molecule has 0 spiro atoms. The van der Waals surface area contributed by atoms with Gasteiger partial charge in [0.05, 0.1) is 5.41 Å². The van der Waals surface area contributed by atoms with Gasteiger partial charge in [-0.1, -0.05) is 26.0 Å². The van der Waals surface area contributed by atoms with Gasteiger partial charge in [-0.2, -0.15) is 12.7 Å². The third-order valence-electron chi connectivity index (χ3n) is 3.43. The highest BCUT2D eigenvalue weighted by Crippen LogP contribution is 2.25. The molecule has 0 bridgehead atoms. The van der Waals surface area contributed by atoms with E-state index >= 15 is 0 Å². The van der Waals surface area contributed by atoms with E-state index in [0.29, 0.717) is 24.3 Å². The molecule has 0 saturated carbocycles. The fraction of sp³-hybridized carbons (Fsp3) is 0.500. The number of hydrogen-bond donors (Lipinski definition) is 2. The highest BCUT2D eigenvalue weighted by atomic mass is 32.2. The molecule has 1 aromatic carbocycles. The van der Waals surface area contributed by atoms with E-state index in [9.17, 15) is 13.2 Å². The van der Waals surface area contributed by atoms with Crippen LogP contribution in [0.5, 0.6) is 0 Å². The van der Waals surface area contributed by atoms with Crippen molar-refractivity contribution >= 4 is 21.9 Å². The Kier molecular flexibility index (Phi) is 5.36. The number of carboxylic acids is 1. The molecule has 0 unspecified atom stereocenters. The largest absolute Gasteiger partial charge is 0.481 e. The summed E-state index contributed by atoms with van der Waals surface area (Å²) in [6.07, 6.45) is 0. The molecule has 0 fully saturated rings. The van der Waals surface area contributed by atoms with Crippen molar-refractivity contribution in [3.63, 3.8) is 0 Å². The van der Waals surface area contributed by atoms with Gasteiger partial charge < -0.3 is 5.11 Å². The van der Waals surface area contributed by atoms with Crippen molar-refractivity contribution in [1.29, 1.82) is 0 Å². The fourth-order valence-electron chi connectivity index (χ4n) is 1.86. The molecule has 0 atom stereocenters. The molecule has 2 N–H and O–H groups in total. The Morgan fingerprint density at radius 3 is 2.05 bits per heavy atom. The minimum atomic E-state index is -3.57. The zero-order valence-electron chi connectivity index (χ0n) is 12.8. The zero-order valence-corrected chi connectivity index (χ0v) is 13.6. The Labute approximate surface area is 126 Å². The van der Waals surface area contributed by atoms with E-state index in [1.807, 2.05) is 0 Å². The zero-order chi connectivity index (χ0) is 16.3. The van der Waals surface area contributed by atoms with Gasteiger partial charge in [-0.15, -0.1) is 0 Å². The van der Waals surface area contributed by atoms with Crippen LogP contribution in [-0.4, -0.2) is 36.9 Å². The molecule has 7 heteroatoms. The number of nitrogens with one attached hydrogen (secondary N) is 1. The molecule has 0 radical (unpaired) electrons. The number of carboxylic acid groups (broad SMARTS) is 1. The van der Waals surface area contributed by atoms with Gasteiger partial charge >= 0.3 is 16.2 Å². The molecule has 0 aliphatic rings. The van der Waals surface area contributed by atoms with E-state index in [1.165, 1.54) is 4.31 Å². The maximum Gasteiger partial charge on any atom is 0.313 e. The summed E-state index contributed by atoms with van der Waals surface area (Å²) in [5.41, 5.74) is 0.00337. The van der Waals surface area contributed by atoms with Gasteiger partial charge in [0.1, 0.15) is 0 Å². The van der Waals surface area contributed by atoms with Gasteiger partial charge in [-0.05, 0) is 31.5 Å². The average Bonchev–Trinajstić information content (AvgIpc) is 2.39. The molecule has 6 nitrogen and oxygen atoms in total. The third-order valence-corrected chi connectivity index (χ3v) is 5.12. The van der Waals surface area contributed by atoms with Crippen LogP contribution >= 0.6 is 0 Å². The standard InChI is InChI=1S/C14H22N2O4S/c1-5-16(6-2)21(19,20)15-12-9-7-11(8-10-12)14(3,4)13(17)18/h7-10,15H,5-6H2,1-4H3,(H,17,18). The van der Waals surface area contributed by atoms with Crippen LogP contribution < -0.4 is 4.72 Å². The van der Waals surface area contributed by atoms with Gasteiger partial charge in [0.2, 0.25) is 0 Å². The Morgan fingerprint density at radius 2 is 1.67 bits per heavy atom. The molecular formula is C14H22N2O4S. The van der Waals surface area contributed by atoms with Crippen LogP contribution in [0.25, 0.3) is 0 Å². The van der Waals surface area contributed by atoms with Crippen molar-refractivity contribution in [2.75, 3.05) is 17.8 Å². The van der Waals surface area contributed by atoms with Crippen LogP contribution in [-0.2, 0) is 20.4 Å². The lowest BCUT2D eigenvalue weighted by molar-refractivity contribution is -0.142. The molecule has 1 aromatic rings. The van der Waals surface area contributed by atoms with Crippen molar-refractivity contribution < 1.29 is 18.3 Å². The Morgan fingerprint density at radius 1 is 1.19 bits per heavy atom. The number of anilines is 1. The van der Waals surface area contributed by atoms with Crippen molar-refractivity contribution in [3.8, 4) is 0 Å². The number of hydrogen-bond acceptors (Lipinski definition) is 3. The molecule has 1 rings (SSSR count). The first-order valence-corrected chi connectivity index (χ1v) is 8.21. The van der Waals surface area contributed by atoms with E-state index in [4.69, 9.17) is 5.11 Å². The number of aliphatic carboxylic acids is 1. The Balaban J connectivity index is 2.97. The number of carbonyl (C=O) groups is 1. The highest BCUT2D eigenvalue weighted by molar-refractivity contribution is 7.90. The van der Waals surface area contributed by atoms with E-state index < -0.39 is 21.6 Å². The van der Waals surface area contributed by atoms with Gasteiger partial charge in [0.15, 0.2) is 0 Å². The molecule has 21 heavy (non-hydrogen) atoms. The van der Waals surface area contributed by atoms with E-state index in [-0.39, 0.29) is 0 Å².